The molecule has 4 heteroatoms. The molecule has 0 spiro atoms. The highest BCUT2D eigenvalue weighted by molar-refractivity contribution is 5.96. The maximum absolute atomic E-state index is 11.7. The van der Waals surface area contributed by atoms with Gasteiger partial charge in [-0.2, -0.15) is 0 Å². The molecule has 4 nitrogen and oxygen atoms in total. The lowest BCUT2D eigenvalue weighted by atomic mass is 10.1. The van der Waals surface area contributed by atoms with Crippen LogP contribution in [0.2, 0.25) is 0 Å². The molecule has 2 rings (SSSR count). The van der Waals surface area contributed by atoms with Gasteiger partial charge < -0.3 is 10.0 Å². The van der Waals surface area contributed by atoms with Gasteiger partial charge in [0.1, 0.15) is 0 Å². The molecular weight excluding hydrogens is 218 g/mol. The van der Waals surface area contributed by atoms with Gasteiger partial charge in [0.15, 0.2) is 0 Å². The Balaban J connectivity index is 2.17. The molecule has 90 valence electrons. The van der Waals surface area contributed by atoms with Gasteiger partial charge in [-0.15, -0.1) is 0 Å². The monoisotopic (exact) mass is 233 g/mol. The van der Waals surface area contributed by atoms with Crippen molar-refractivity contribution in [1.29, 1.82) is 0 Å². The lowest BCUT2D eigenvalue weighted by Crippen LogP contribution is -2.30. The van der Waals surface area contributed by atoms with Crippen molar-refractivity contribution in [3.8, 4) is 0 Å². The summed E-state index contributed by atoms with van der Waals surface area (Å²) in [5, 5.41) is 8.67. The fourth-order valence-electron chi connectivity index (χ4n) is 2.18. The Morgan fingerprint density at radius 2 is 2.06 bits per heavy atom. The van der Waals surface area contributed by atoms with Crippen LogP contribution in [0.5, 0.6) is 0 Å². The van der Waals surface area contributed by atoms with Crippen LogP contribution in [0, 0.1) is 0 Å². The number of carbonyl (C=O) groups excluding carboxylic acids is 1. The normalized spacial score (nSPS) is 19.7. The Morgan fingerprint density at radius 3 is 2.53 bits per heavy atom. The van der Waals surface area contributed by atoms with Crippen LogP contribution in [0.15, 0.2) is 24.3 Å². The van der Waals surface area contributed by atoms with E-state index in [0.717, 1.165) is 17.7 Å². The molecule has 1 saturated heterocycles. The minimum Gasteiger partial charge on any atom is -0.481 e. The zero-order chi connectivity index (χ0) is 12.4. The molecule has 1 atom stereocenters. The molecule has 1 aliphatic rings. The second-order valence-corrected chi connectivity index (χ2v) is 4.39. The van der Waals surface area contributed by atoms with Crippen LogP contribution in [-0.4, -0.2) is 23.0 Å². The predicted octanol–water partition coefficient (Wildman–Crippen LogP) is 1.83. The summed E-state index contributed by atoms with van der Waals surface area (Å²) < 4.78 is 0. The number of carboxylic acid groups (broad SMARTS) is 1. The third-order valence-corrected chi connectivity index (χ3v) is 3.06. The smallest absolute Gasteiger partial charge is 0.307 e. The van der Waals surface area contributed by atoms with E-state index in [4.69, 9.17) is 5.11 Å². The zero-order valence-electron chi connectivity index (χ0n) is 9.72. The summed E-state index contributed by atoms with van der Waals surface area (Å²) in [7, 11) is 0. The van der Waals surface area contributed by atoms with Crippen LogP contribution in [0.3, 0.4) is 0 Å². The SMILES string of the molecule is CC1CCC(=O)N1c1ccc(CC(=O)O)cc1. The highest BCUT2D eigenvalue weighted by Crippen LogP contribution is 2.26. The topological polar surface area (TPSA) is 57.6 Å². The quantitative estimate of drug-likeness (QED) is 0.866. The minimum absolute atomic E-state index is 0.0176. The number of hydrogen-bond donors (Lipinski definition) is 1. The number of aliphatic carboxylic acids is 1. The van der Waals surface area contributed by atoms with Gasteiger partial charge in [-0.05, 0) is 31.0 Å². The Labute approximate surface area is 99.9 Å². The molecule has 1 aromatic carbocycles. The van der Waals surface area contributed by atoms with E-state index in [1.165, 1.54) is 0 Å². The Kier molecular flexibility index (Phi) is 3.13. The molecule has 1 aromatic rings. The second kappa shape index (κ2) is 4.57. The zero-order valence-corrected chi connectivity index (χ0v) is 9.72. The van der Waals surface area contributed by atoms with Crippen LogP contribution >= 0.6 is 0 Å². The standard InChI is InChI=1S/C13H15NO3/c1-9-2-7-12(15)14(9)11-5-3-10(4-6-11)8-13(16)17/h3-6,9H,2,7-8H2,1H3,(H,16,17). The lowest BCUT2D eigenvalue weighted by Gasteiger charge is -2.21. The molecule has 0 radical (unpaired) electrons. The van der Waals surface area contributed by atoms with E-state index in [1.807, 2.05) is 19.1 Å². The number of carboxylic acids is 1. The third kappa shape index (κ3) is 2.46. The molecule has 1 heterocycles. The molecule has 0 saturated carbocycles. The first-order chi connectivity index (χ1) is 8.08. The Hall–Kier alpha value is -1.84. The van der Waals surface area contributed by atoms with Gasteiger partial charge in [-0.25, -0.2) is 0 Å². The van der Waals surface area contributed by atoms with E-state index in [0.29, 0.717) is 6.42 Å². The summed E-state index contributed by atoms with van der Waals surface area (Å²) in [6, 6.07) is 7.40. The molecular formula is C13H15NO3. The van der Waals surface area contributed by atoms with Crippen molar-refractivity contribution >= 4 is 17.6 Å². The van der Waals surface area contributed by atoms with E-state index in [-0.39, 0.29) is 18.4 Å². The molecule has 1 aliphatic heterocycles. The first-order valence-electron chi connectivity index (χ1n) is 5.70. The molecule has 17 heavy (non-hydrogen) atoms. The second-order valence-electron chi connectivity index (χ2n) is 4.39. The maximum Gasteiger partial charge on any atom is 0.307 e. The molecule has 1 fully saturated rings. The summed E-state index contributed by atoms with van der Waals surface area (Å²) in [6.45, 7) is 2.02. The van der Waals surface area contributed by atoms with Gasteiger partial charge in [0, 0.05) is 18.2 Å². The van der Waals surface area contributed by atoms with E-state index >= 15 is 0 Å². The van der Waals surface area contributed by atoms with Crippen LogP contribution in [-0.2, 0) is 16.0 Å². The number of amides is 1. The third-order valence-electron chi connectivity index (χ3n) is 3.06. The number of rotatable bonds is 3. The van der Waals surface area contributed by atoms with Crippen molar-refractivity contribution in [2.75, 3.05) is 4.90 Å². The summed E-state index contributed by atoms with van der Waals surface area (Å²) in [4.78, 5) is 24.0. The van der Waals surface area contributed by atoms with Gasteiger partial charge >= 0.3 is 5.97 Å². The lowest BCUT2D eigenvalue weighted by molar-refractivity contribution is -0.136. The molecule has 1 amide bonds. The molecule has 0 aliphatic carbocycles. The number of carbonyl (C=O) groups is 2. The first-order valence-corrected chi connectivity index (χ1v) is 5.70. The van der Waals surface area contributed by atoms with Crippen LogP contribution in [0.1, 0.15) is 25.3 Å². The summed E-state index contributed by atoms with van der Waals surface area (Å²) in [5.41, 5.74) is 1.61. The predicted molar refractivity (Wildman–Crippen MR) is 64.0 cm³/mol. The fourth-order valence-corrected chi connectivity index (χ4v) is 2.18. The fraction of sp³-hybridized carbons (Fsp3) is 0.385. The van der Waals surface area contributed by atoms with E-state index in [1.54, 1.807) is 17.0 Å². The van der Waals surface area contributed by atoms with Gasteiger partial charge in [-0.3, -0.25) is 9.59 Å². The summed E-state index contributed by atoms with van der Waals surface area (Å²) in [5.74, 6) is -0.702. The van der Waals surface area contributed by atoms with Crippen molar-refractivity contribution in [2.45, 2.75) is 32.2 Å². The van der Waals surface area contributed by atoms with Gasteiger partial charge in [0.2, 0.25) is 5.91 Å². The van der Waals surface area contributed by atoms with Gasteiger partial charge in [0.25, 0.3) is 0 Å². The molecule has 0 bridgehead atoms. The van der Waals surface area contributed by atoms with Gasteiger partial charge in [0.05, 0.1) is 6.42 Å². The molecule has 1 unspecified atom stereocenters. The number of hydrogen-bond acceptors (Lipinski definition) is 2. The van der Waals surface area contributed by atoms with Crippen molar-refractivity contribution in [1.82, 2.24) is 0 Å². The van der Waals surface area contributed by atoms with Crippen molar-refractivity contribution in [3.63, 3.8) is 0 Å². The average molecular weight is 233 g/mol. The number of benzene rings is 1. The Morgan fingerprint density at radius 1 is 1.41 bits per heavy atom. The first kappa shape index (κ1) is 11.6. The highest BCUT2D eigenvalue weighted by atomic mass is 16.4. The maximum atomic E-state index is 11.7. The average Bonchev–Trinajstić information content (AvgIpc) is 2.59. The van der Waals surface area contributed by atoms with Crippen molar-refractivity contribution in [3.05, 3.63) is 29.8 Å². The Bertz CT molecular complexity index is 438. The number of anilines is 1. The highest BCUT2D eigenvalue weighted by Gasteiger charge is 2.28. The summed E-state index contributed by atoms with van der Waals surface area (Å²) >= 11 is 0. The van der Waals surface area contributed by atoms with Crippen LogP contribution in [0.25, 0.3) is 0 Å². The minimum atomic E-state index is -0.844. The van der Waals surface area contributed by atoms with E-state index in [2.05, 4.69) is 0 Å². The van der Waals surface area contributed by atoms with E-state index in [9.17, 15) is 9.59 Å². The molecule has 0 aromatic heterocycles. The summed E-state index contributed by atoms with van der Waals surface area (Å²) in [6.07, 6.45) is 1.50. The largest absolute Gasteiger partial charge is 0.481 e. The van der Waals surface area contributed by atoms with Crippen LogP contribution < -0.4 is 4.90 Å². The van der Waals surface area contributed by atoms with E-state index < -0.39 is 5.97 Å². The van der Waals surface area contributed by atoms with Gasteiger partial charge in [-0.1, -0.05) is 12.1 Å². The van der Waals surface area contributed by atoms with Crippen molar-refractivity contribution in [2.24, 2.45) is 0 Å². The number of nitrogens with zero attached hydrogens (tertiary/aromatic N) is 1. The van der Waals surface area contributed by atoms with Crippen LogP contribution in [0.4, 0.5) is 5.69 Å². The van der Waals surface area contributed by atoms with Crippen molar-refractivity contribution < 1.29 is 14.7 Å². The molecule has 1 N–H and O–H groups in total.